The molecule has 1 saturated heterocycles. The van der Waals surface area contributed by atoms with Crippen LogP contribution in [0.4, 0.5) is 5.69 Å². The molecule has 0 amide bonds. The van der Waals surface area contributed by atoms with E-state index in [0.717, 1.165) is 31.2 Å². The molecule has 1 aromatic rings. The Morgan fingerprint density at radius 3 is 2.15 bits per heavy atom. The Bertz CT molecular complexity index is 518. The molecule has 0 aliphatic carbocycles. The van der Waals surface area contributed by atoms with Crippen LogP contribution in [0.1, 0.15) is 44.3 Å². The molecule has 1 fully saturated rings. The first-order valence-electron chi connectivity index (χ1n) is 7.05. The van der Waals surface area contributed by atoms with E-state index in [4.69, 9.17) is 0 Å². The summed E-state index contributed by atoms with van der Waals surface area (Å²) in [6.45, 7) is 2.85. The van der Waals surface area contributed by atoms with Gasteiger partial charge >= 0.3 is 10.2 Å². The molecule has 1 aliphatic rings. The summed E-state index contributed by atoms with van der Waals surface area (Å²) in [6, 6.07) is 6.81. The summed E-state index contributed by atoms with van der Waals surface area (Å²) in [6.07, 6.45) is 3.47. The lowest BCUT2D eigenvalue weighted by molar-refractivity contribution is 0.199. The predicted molar refractivity (Wildman–Crippen MR) is 79.7 cm³/mol. The van der Waals surface area contributed by atoms with E-state index in [-0.39, 0.29) is 0 Å². The molecule has 2 rings (SSSR count). The van der Waals surface area contributed by atoms with Crippen molar-refractivity contribution >= 4 is 15.9 Å². The zero-order valence-electron chi connectivity index (χ0n) is 11.7. The molecule has 0 aromatic heterocycles. The van der Waals surface area contributed by atoms with Gasteiger partial charge in [0.1, 0.15) is 0 Å². The molecule has 1 heterocycles. The highest BCUT2D eigenvalue weighted by atomic mass is 32.2. The predicted octanol–water partition coefficient (Wildman–Crippen LogP) is 2.27. The molecule has 20 heavy (non-hydrogen) atoms. The number of anilines is 1. The summed E-state index contributed by atoms with van der Waals surface area (Å²) in [5, 5.41) is 9.44. The topological polar surface area (TPSA) is 69.6 Å². The summed E-state index contributed by atoms with van der Waals surface area (Å²) >= 11 is 0. The molecule has 0 saturated carbocycles. The third-order valence-corrected chi connectivity index (χ3v) is 5.08. The van der Waals surface area contributed by atoms with Gasteiger partial charge in [0.2, 0.25) is 0 Å². The molecule has 0 spiro atoms. The average molecular weight is 298 g/mol. The minimum absolute atomic E-state index is 0.527. The zero-order chi connectivity index (χ0) is 14.6. The highest BCUT2D eigenvalue weighted by Crippen LogP contribution is 2.19. The summed E-state index contributed by atoms with van der Waals surface area (Å²) in [5.41, 5.74) is 1.29. The van der Waals surface area contributed by atoms with E-state index in [1.54, 1.807) is 31.2 Å². The Balaban J connectivity index is 2.07. The van der Waals surface area contributed by atoms with Gasteiger partial charge in [0.25, 0.3) is 0 Å². The maximum Gasteiger partial charge on any atom is 0.301 e. The van der Waals surface area contributed by atoms with Crippen LogP contribution in [0.2, 0.25) is 0 Å². The van der Waals surface area contributed by atoms with Crippen molar-refractivity contribution in [3.05, 3.63) is 29.8 Å². The second-order valence-corrected chi connectivity index (χ2v) is 6.89. The van der Waals surface area contributed by atoms with Crippen LogP contribution in [-0.4, -0.2) is 30.9 Å². The second-order valence-electron chi connectivity index (χ2n) is 5.22. The van der Waals surface area contributed by atoms with Crippen molar-refractivity contribution in [2.45, 2.75) is 38.7 Å². The van der Waals surface area contributed by atoms with Crippen molar-refractivity contribution in [3.8, 4) is 0 Å². The van der Waals surface area contributed by atoms with Crippen molar-refractivity contribution in [1.29, 1.82) is 0 Å². The quantitative estimate of drug-likeness (QED) is 0.896. The molecule has 1 atom stereocenters. The maximum atomic E-state index is 12.3. The fourth-order valence-electron chi connectivity index (χ4n) is 2.33. The number of aliphatic hydroxyl groups is 1. The molecular weight excluding hydrogens is 276 g/mol. The van der Waals surface area contributed by atoms with Crippen LogP contribution in [0, 0.1) is 0 Å². The number of nitrogens with zero attached hydrogens (tertiary/aromatic N) is 1. The van der Waals surface area contributed by atoms with Gasteiger partial charge in [-0.05, 0) is 37.5 Å². The molecule has 1 aliphatic heterocycles. The number of hydrogen-bond acceptors (Lipinski definition) is 3. The third-order valence-electron chi connectivity index (χ3n) is 3.54. The SMILES string of the molecule is CC(O)c1ccc(NS(=O)(=O)N2CCCCCC2)cc1. The van der Waals surface area contributed by atoms with E-state index in [2.05, 4.69) is 4.72 Å². The molecule has 6 heteroatoms. The average Bonchev–Trinajstić information content (AvgIpc) is 2.68. The van der Waals surface area contributed by atoms with E-state index >= 15 is 0 Å². The standard InChI is InChI=1S/C14H22N2O3S/c1-12(17)13-6-8-14(9-7-13)15-20(18,19)16-10-4-2-3-5-11-16/h6-9,12,15,17H,2-5,10-11H2,1H3. The Hall–Kier alpha value is -1.11. The molecule has 0 bridgehead atoms. The number of benzene rings is 1. The molecule has 1 aromatic carbocycles. The van der Waals surface area contributed by atoms with Crippen LogP contribution in [0.5, 0.6) is 0 Å². The normalized spacial score (nSPS) is 19.3. The molecule has 1 unspecified atom stereocenters. The van der Waals surface area contributed by atoms with Crippen LogP contribution < -0.4 is 4.72 Å². The number of nitrogens with one attached hydrogen (secondary N) is 1. The lowest BCUT2D eigenvalue weighted by Gasteiger charge is -2.20. The smallest absolute Gasteiger partial charge is 0.301 e. The van der Waals surface area contributed by atoms with Gasteiger partial charge in [-0.15, -0.1) is 0 Å². The lowest BCUT2D eigenvalue weighted by atomic mass is 10.1. The van der Waals surface area contributed by atoms with Crippen molar-refractivity contribution in [2.75, 3.05) is 17.8 Å². The van der Waals surface area contributed by atoms with Gasteiger partial charge in [-0.25, -0.2) is 0 Å². The highest BCUT2D eigenvalue weighted by molar-refractivity contribution is 7.90. The fourth-order valence-corrected chi connectivity index (χ4v) is 3.63. The van der Waals surface area contributed by atoms with Crippen molar-refractivity contribution in [2.24, 2.45) is 0 Å². The Kier molecular flexibility index (Phi) is 5.01. The van der Waals surface area contributed by atoms with Crippen LogP contribution in [0.15, 0.2) is 24.3 Å². The Morgan fingerprint density at radius 1 is 1.10 bits per heavy atom. The minimum atomic E-state index is -3.47. The molecule has 0 radical (unpaired) electrons. The largest absolute Gasteiger partial charge is 0.389 e. The molecular formula is C14H22N2O3S. The fraction of sp³-hybridized carbons (Fsp3) is 0.571. The molecule has 2 N–H and O–H groups in total. The molecule has 5 nitrogen and oxygen atoms in total. The third kappa shape index (κ3) is 3.94. The summed E-state index contributed by atoms with van der Waals surface area (Å²) in [7, 11) is -3.47. The van der Waals surface area contributed by atoms with Crippen LogP contribution in [0.3, 0.4) is 0 Å². The van der Waals surface area contributed by atoms with Crippen LogP contribution >= 0.6 is 0 Å². The number of rotatable bonds is 4. The highest BCUT2D eigenvalue weighted by Gasteiger charge is 2.22. The minimum Gasteiger partial charge on any atom is -0.389 e. The first kappa shape index (κ1) is 15.3. The molecule has 112 valence electrons. The van der Waals surface area contributed by atoms with Gasteiger partial charge in [-0.2, -0.15) is 12.7 Å². The van der Waals surface area contributed by atoms with E-state index in [1.807, 2.05) is 0 Å². The van der Waals surface area contributed by atoms with Crippen molar-refractivity contribution in [3.63, 3.8) is 0 Å². The lowest BCUT2D eigenvalue weighted by Crippen LogP contribution is -2.36. The zero-order valence-corrected chi connectivity index (χ0v) is 12.6. The monoisotopic (exact) mass is 298 g/mol. The first-order valence-corrected chi connectivity index (χ1v) is 8.49. The van der Waals surface area contributed by atoms with Crippen LogP contribution in [-0.2, 0) is 10.2 Å². The summed E-state index contributed by atoms with van der Waals surface area (Å²) < 4.78 is 28.7. The van der Waals surface area contributed by atoms with Gasteiger partial charge in [0.15, 0.2) is 0 Å². The van der Waals surface area contributed by atoms with Gasteiger partial charge in [-0.3, -0.25) is 4.72 Å². The van der Waals surface area contributed by atoms with E-state index in [1.165, 1.54) is 4.31 Å². The number of hydrogen-bond donors (Lipinski definition) is 2. The van der Waals surface area contributed by atoms with E-state index in [9.17, 15) is 13.5 Å². The first-order chi connectivity index (χ1) is 9.49. The second kappa shape index (κ2) is 6.56. The van der Waals surface area contributed by atoms with Gasteiger partial charge in [0, 0.05) is 18.8 Å². The summed E-state index contributed by atoms with van der Waals surface area (Å²) in [5.74, 6) is 0. The van der Waals surface area contributed by atoms with Gasteiger partial charge < -0.3 is 5.11 Å². The van der Waals surface area contributed by atoms with Gasteiger partial charge in [0.05, 0.1) is 6.10 Å². The maximum absolute atomic E-state index is 12.3. The van der Waals surface area contributed by atoms with Gasteiger partial charge in [-0.1, -0.05) is 25.0 Å². The van der Waals surface area contributed by atoms with E-state index < -0.39 is 16.3 Å². The Labute approximate surface area is 120 Å². The van der Waals surface area contributed by atoms with Crippen molar-refractivity contribution < 1.29 is 13.5 Å². The number of aliphatic hydroxyl groups excluding tert-OH is 1. The Morgan fingerprint density at radius 2 is 1.65 bits per heavy atom. The van der Waals surface area contributed by atoms with E-state index in [0.29, 0.717) is 18.8 Å². The summed E-state index contributed by atoms with van der Waals surface area (Å²) in [4.78, 5) is 0. The van der Waals surface area contributed by atoms with Crippen molar-refractivity contribution in [1.82, 2.24) is 4.31 Å². The van der Waals surface area contributed by atoms with Crippen LogP contribution in [0.25, 0.3) is 0 Å².